The van der Waals surface area contributed by atoms with Gasteiger partial charge >= 0.3 is 12.1 Å². The molecule has 0 aliphatic heterocycles. The number of nitrogens with one attached hydrogen (secondary N) is 2. The van der Waals surface area contributed by atoms with Crippen LogP contribution >= 0.6 is 0 Å². The Morgan fingerprint density at radius 3 is 2.13 bits per heavy atom. The number of H-pyrrole nitrogens is 1. The third-order valence-electron chi connectivity index (χ3n) is 11.1. The van der Waals surface area contributed by atoms with Crippen molar-refractivity contribution in [2.75, 3.05) is 25.5 Å². The second-order valence-corrected chi connectivity index (χ2v) is 22.7. The first-order valence-corrected chi connectivity index (χ1v) is 23.9. The van der Waals surface area contributed by atoms with Crippen LogP contribution in [0.2, 0.25) is 18.1 Å². The molecule has 1 aromatic heterocycles. The fourth-order valence-electron chi connectivity index (χ4n) is 6.76. The molecule has 5 rings (SSSR count). The number of aromatic amines is 1. The smallest absolute Gasteiger partial charge is 0.410 e. The highest BCUT2D eigenvalue weighted by Crippen LogP contribution is 2.42. The van der Waals surface area contributed by atoms with Crippen molar-refractivity contribution in [1.29, 1.82) is 0 Å². The Labute approximate surface area is 365 Å². The van der Waals surface area contributed by atoms with Crippen molar-refractivity contribution in [3.05, 3.63) is 142 Å². The predicted octanol–water partition coefficient (Wildman–Crippen LogP) is 9.63. The summed E-state index contributed by atoms with van der Waals surface area (Å²) in [5.41, 5.74) is 0.132. The zero-order chi connectivity index (χ0) is 45.3. The monoisotopic (exact) mass is 863 g/mol. The largest absolute Gasteiger partial charge is 0.487 e. The number of ether oxygens (including phenoxy) is 3. The number of carbonyl (C=O) groups excluding carboxylic acids is 3. The van der Waals surface area contributed by atoms with Crippen molar-refractivity contribution in [3.63, 3.8) is 0 Å². The van der Waals surface area contributed by atoms with Crippen LogP contribution in [-0.4, -0.2) is 67.1 Å². The molecular formula is C49H61N3O9Si. The number of carbonyl (C=O) groups is 3. The topological polar surface area (TPSA) is 156 Å². The van der Waals surface area contributed by atoms with Crippen molar-refractivity contribution >= 4 is 42.9 Å². The number of fused-ring (bicyclic) bond motifs is 1. The third-order valence-corrected chi connectivity index (χ3v) is 15.6. The lowest BCUT2D eigenvalue weighted by Crippen LogP contribution is -2.46. The Bertz CT molecular complexity index is 2370. The quantitative estimate of drug-likeness (QED) is 0.0471. The lowest BCUT2D eigenvalue weighted by Gasteiger charge is -2.41. The zero-order valence-corrected chi connectivity index (χ0v) is 38.4. The van der Waals surface area contributed by atoms with E-state index in [1.807, 2.05) is 63.2 Å². The van der Waals surface area contributed by atoms with Gasteiger partial charge in [0.05, 0.1) is 25.3 Å². The normalized spacial score (nSPS) is 13.5. The van der Waals surface area contributed by atoms with Crippen LogP contribution in [0.15, 0.2) is 114 Å². The van der Waals surface area contributed by atoms with Crippen LogP contribution in [0.5, 0.6) is 5.75 Å². The molecule has 0 aliphatic carbocycles. The number of aliphatic hydroxyl groups is 1. The summed E-state index contributed by atoms with van der Waals surface area (Å²) in [4.78, 5) is 57.5. The van der Waals surface area contributed by atoms with Crippen molar-refractivity contribution < 1.29 is 38.1 Å². The predicted molar refractivity (Wildman–Crippen MR) is 245 cm³/mol. The minimum absolute atomic E-state index is 0.138. The molecule has 2 atom stereocenters. The van der Waals surface area contributed by atoms with Gasteiger partial charge in [-0.25, -0.2) is 9.59 Å². The molecule has 2 unspecified atom stereocenters. The molecule has 4 aromatic carbocycles. The maximum Gasteiger partial charge on any atom is 0.410 e. The highest BCUT2D eigenvalue weighted by Gasteiger charge is 2.42. The number of esters is 1. The van der Waals surface area contributed by atoms with Crippen LogP contribution in [-0.2, 0) is 35.7 Å². The van der Waals surface area contributed by atoms with E-state index < -0.39 is 37.7 Å². The molecule has 0 bridgehead atoms. The highest BCUT2D eigenvalue weighted by molar-refractivity contribution is 6.74. The third kappa shape index (κ3) is 12.0. The molecule has 5 aromatic rings. The van der Waals surface area contributed by atoms with E-state index in [1.54, 1.807) is 65.6 Å². The summed E-state index contributed by atoms with van der Waals surface area (Å²) in [5.74, 6) is -0.617. The minimum atomic E-state index is -2.48. The molecule has 330 valence electrons. The first kappa shape index (κ1) is 47.3. The van der Waals surface area contributed by atoms with Crippen LogP contribution in [0.25, 0.3) is 10.9 Å². The summed E-state index contributed by atoms with van der Waals surface area (Å²) in [5, 5.41) is 15.1. The fraction of sp³-hybridized carbons (Fsp3) is 0.388. The summed E-state index contributed by atoms with van der Waals surface area (Å²) < 4.78 is 24.3. The van der Waals surface area contributed by atoms with Crippen molar-refractivity contribution in [1.82, 2.24) is 9.88 Å². The van der Waals surface area contributed by atoms with Gasteiger partial charge < -0.3 is 38.9 Å². The number of nitrogens with zero attached hydrogens (tertiary/aromatic N) is 1. The first-order valence-electron chi connectivity index (χ1n) is 21.0. The number of aromatic nitrogens is 1. The molecule has 0 fully saturated rings. The van der Waals surface area contributed by atoms with Crippen LogP contribution in [0, 0.1) is 0 Å². The van der Waals surface area contributed by atoms with Gasteiger partial charge in [-0.2, -0.15) is 0 Å². The van der Waals surface area contributed by atoms with E-state index in [0.29, 0.717) is 42.0 Å². The second-order valence-electron chi connectivity index (χ2n) is 18.0. The highest BCUT2D eigenvalue weighted by atomic mass is 28.4. The molecule has 2 amide bonds. The van der Waals surface area contributed by atoms with E-state index in [-0.39, 0.29) is 41.6 Å². The Kier molecular flexibility index (Phi) is 15.2. The summed E-state index contributed by atoms with van der Waals surface area (Å²) in [6, 6.07) is 31.7. The van der Waals surface area contributed by atoms with Crippen molar-refractivity contribution in [2.45, 2.75) is 103 Å². The maximum absolute atomic E-state index is 14.0. The van der Waals surface area contributed by atoms with Gasteiger partial charge in [-0.15, -0.1) is 0 Å². The van der Waals surface area contributed by atoms with Gasteiger partial charge in [-0.3, -0.25) is 9.59 Å². The number of amides is 2. The molecule has 1 heterocycles. The maximum atomic E-state index is 14.0. The first-order chi connectivity index (χ1) is 29.2. The molecule has 0 saturated heterocycles. The number of hydrogen-bond acceptors (Lipinski definition) is 9. The Morgan fingerprint density at radius 2 is 1.48 bits per heavy atom. The Balaban J connectivity index is 1.37. The number of hydrogen-bond donors (Lipinski definition) is 3. The zero-order valence-electron chi connectivity index (χ0n) is 37.4. The molecule has 12 nitrogen and oxygen atoms in total. The van der Waals surface area contributed by atoms with Crippen LogP contribution in [0.1, 0.15) is 89.2 Å². The number of pyridine rings is 1. The number of rotatable bonds is 17. The summed E-state index contributed by atoms with van der Waals surface area (Å²) in [6.07, 6.45) is -0.0873. The van der Waals surface area contributed by atoms with E-state index in [4.69, 9.17) is 18.6 Å². The van der Waals surface area contributed by atoms with Crippen LogP contribution < -0.4 is 15.6 Å². The molecule has 0 saturated carbocycles. The van der Waals surface area contributed by atoms with Crippen molar-refractivity contribution in [3.8, 4) is 5.75 Å². The Hall–Kier alpha value is -5.76. The van der Waals surface area contributed by atoms with Gasteiger partial charge in [0.1, 0.15) is 18.0 Å². The number of anilines is 1. The molecule has 0 radical (unpaired) electrons. The van der Waals surface area contributed by atoms with Crippen molar-refractivity contribution in [2.24, 2.45) is 0 Å². The standard InChI is InChI=1S/C49H61N3O9Si/c1-47(2,3)60-46(56)52(30-17-16-25-42(53)50-37-24-18-23-36(31-37)49(57,45(55)58-7)35-21-14-11-15-22-35)32-41(61-62(8,9)48(4,5)6)38-26-28-40(44-39(38)27-29-43(54)51-44)59-33-34-19-12-10-13-20-34/h10-15,18-24,26-29,31,41,57H,16-17,25,30,32-33H2,1-9H3,(H,50,53)(H,51,54). The average molecular weight is 864 g/mol. The van der Waals surface area contributed by atoms with Crippen LogP contribution in [0.4, 0.5) is 10.5 Å². The van der Waals surface area contributed by atoms with Gasteiger partial charge in [-0.05, 0) is 92.7 Å². The number of unbranched alkanes of at least 4 members (excludes halogenated alkanes) is 1. The van der Waals surface area contributed by atoms with E-state index in [0.717, 1.165) is 16.5 Å². The lowest BCUT2D eigenvalue weighted by atomic mass is 9.86. The molecule has 13 heteroatoms. The van der Waals surface area contributed by atoms with E-state index in [9.17, 15) is 24.3 Å². The number of benzene rings is 4. The van der Waals surface area contributed by atoms with Gasteiger partial charge in [-0.1, -0.05) is 99.6 Å². The lowest BCUT2D eigenvalue weighted by molar-refractivity contribution is -0.158. The second kappa shape index (κ2) is 20.0. The Morgan fingerprint density at radius 1 is 0.823 bits per heavy atom. The fourth-order valence-corrected chi connectivity index (χ4v) is 8.03. The van der Waals surface area contributed by atoms with Gasteiger partial charge in [0, 0.05) is 35.7 Å². The molecule has 62 heavy (non-hydrogen) atoms. The molecule has 0 spiro atoms. The van der Waals surface area contributed by atoms with E-state index >= 15 is 0 Å². The van der Waals surface area contributed by atoms with Gasteiger partial charge in [0.25, 0.3) is 0 Å². The van der Waals surface area contributed by atoms with Crippen LogP contribution in [0.3, 0.4) is 0 Å². The van der Waals surface area contributed by atoms with E-state index in [1.165, 1.54) is 13.2 Å². The average Bonchev–Trinajstić information content (AvgIpc) is 3.22. The summed E-state index contributed by atoms with van der Waals surface area (Å²) in [7, 11) is -1.27. The summed E-state index contributed by atoms with van der Waals surface area (Å²) >= 11 is 0. The van der Waals surface area contributed by atoms with Gasteiger partial charge in [0.15, 0.2) is 8.32 Å². The number of methoxy groups -OCH3 is 1. The molecule has 0 aliphatic rings. The van der Waals surface area contributed by atoms with Gasteiger partial charge in [0.2, 0.25) is 17.1 Å². The van der Waals surface area contributed by atoms with E-state index in [2.05, 4.69) is 44.2 Å². The molecular weight excluding hydrogens is 803 g/mol. The SMILES string of the molecule is COC(=O)C(O)(c1ccccc1)c1cccc(NC(=O)CCCCN(CC(O[Si](C)(C)C(C)(C)C)c2ccc(OCc3ccccc3)c3[nH]c(=O)ccc23)C(=O)OC(C)(C)C)c1. The molecule has 3 N–H and O–H groups in total. The summed E-state index contributed by atoms with van der Waals surface area (Å²) in [6.45, 7) is 16.9. The minimum Gasteiger partial charge on any atom is -0.487 e.